The van der Waals surface area contributed by atoms with E-state index in [9.17, 15) is 9.50 Å². The first-order chi connectivity index (χ1) is 16.6. The van der Waals surface area contributed by atoms with E-state index in [1.807, 2.05) is 30.3 Å². The molecule has 0 spiro atoms. The number of benzene rings is 3. The van der Waals surface area contributed by atoms with Crippen LogP contribution in [0.15, 0.2) is 71.9 Å². The van der Waals surface area contributed by atoms with Crippen molar-refractivity contribution in [3.8, 4) is 34.3 Å². The van der Waals surface area contributed by atoms with Crippen LogP contribution in [0.3, 0.4) is 0 Å². The maximum Gasteiger partial charge on any atom is 0.203 e. The Kier molecular flexibility index (Phi) is 7.34. The molecule has 0 aliphatic rings. The summed E-state index contributed by atoms with van der Waals surface area (Å²) in [5.74, 6) is 1.59. The minimum Gasteiger partial charge on any atom is -0.493 e. The number of hydrogen-bond donors (Lipinski definition) is 1. The van der Waals surface area contributed by atoms with Crippen LogP contribution in [0.4, 0.5) is 4.39 Å². The SMILES string of the molecule is COc1cc(-c2nnc(SC[C@@H](O)c3ccccc3)n2-c2ccccc2F)cc(OC)c1OC. The van der Waals surface area contributed by atoms with Crippen molar-refractivity contribution in [2.75, 3.05) is 27.1 Å². The van der Waals surface area contributed by atoms with Gasteiger partial charge in [0.2, 0.25) is 5.75 Å². The molecule has 1 aromatic heterocycles. The van der Waals surface area contributed by atoms with Gasteiger partial charge in [0, 0.05) is 11.3 Å². The molecule has 0 unspecified atom stereocenters. The third-order valence-electron chi connectivity index (χ3n) is 5.20. The van der Waals surface area contributed by atoms with Crippen LogP contribution < -0.4 is 14.2 Å². The van der Waals surface area contributed by atoms with Crippen molar-refractivity contribution in [1.82, 2.24) is 14.8 Å². The molecule has 34 heavy (non-hydrogen) atoms. The fraction of sp³-hybridized carbons (Fsp3) is 0.200. The molecule has 0 amide bonds. The van der Waals surface area contributed by atoms with Gasteiger partial charge in [-0.3, -0.25) is 4.57 Å². The quantitative estimate of drug-likeness (QED) is 0.340. The molecule has 3 aromatic carbocycles. The Labute approximate surface area is 201 Å². The van der Waals surface area contributed by atoms with E-state index in [2.05, 4.69) is 10.2 Å². The van der Waals surface area contributed by atoms with Gasteiger partial charge in [-0.1, -0.05) is 54.2 Å². The fourth-order valence-electron chi connectivity index (χ4n) is 3.54. The molecule has 7 nitrogen and oxygen atoms in total. The van der Waals surface area contributed by atoms with E-state index in [-0.39, 0.29) is 5.69 Å². The summed E-state index contributed by atoms with van der Waals surface area (Å²) in [4.78, 5) is 0. The summed E-state index contributed by atoms with van der Waals surface area (Å²) < 4.78 is 32.9. The zero-order valence-corrected chi connectivity index (χ0v) is 19.8. The standard InChI is InChI=1S/C25H24FN3O4S/c1-31-21-13-17(14-22(32-2)23(21)33-3)24-27-28-25(29(24)19-12-8-7-11-18(19)26)34-15-20(30)16-9-5-4-6-10-16/h4-14,20,30H,15H2,1-3H3/t20-/m1/s1. The Balaban J connectivity index is 1.79. The number of ether oxygens (including phenoxy) is 3. The number of rotatable bonds is 9. The lowest BCUT2D eigenvalue weighted by atomic mass is 10.1. The molecule has 0 bridgehead atoms. The van der Waals surface area contributed by atoms with Crippen LogP contribution in [-0.2, 0) is 0 Å². The van der Waals surface area contributed by atoms with Crippen LogP contribution in [0.1, 0.15) is 11.7 Å². The Morgan fingerprint density at radius 1 is 0.912 bits per heavy atom. The van der Waals surface area contributed by atoms with Gasteiger partial charge in [0.1, 0.15) is 5.82 Å². The summed E-state index contributed by atoms with van der Waals surface area (Å²) in [6, 6.07) is 19.2. The van der Waals surface area contributed by atoms with Crippen LogP contribution in [0.25, 0.3) is 17.1 Å². The van der Waals surface area contributed by atoms with Crippen molar-refractivity contribution >= 4 is 11.8 Å². The number of hydrogen-bond acceptors (Lipinski definition) is 7. The third-order valence-corrected chi connectivity index (χ3v) is 6.21. The summed E-state index contributed by atoms with van der Waals surface area (Å²) in [6.07, 6.45) is -0.721. The summed E-state index contributed by atoms with van der Waals surface area (Å²) in [5, 5.41) is 19.7. The molecule has 0 fully saturated rings. The molecule has 9 heteroatoms. The number of nitrogens with zero attached hydrogens (tertiary/aromatic N) is 3. The second-order valence-electron chi connectivity index (χ2n) is 7.24. The minimum absolute atomic E-state index is 0.285. The monoisotopic (exact) mass is 481 g/mol. The summed E-state index contributed by atoms with van der Waals surface area (Å²) in [7, 11) is 4.57. The maximum absolute atomic E-state index is 14.9. The largest absolute Gasteiger partial charge is 0.493 e. The molecule has 1 N–H and O–H groups in total. The second kappa shape index (κ2) is 10.6. The molecule has 1 atom stereocenters. The van der Waals surface area contributed by atoms with Crippen LogP contribution in [0.2, 0.25) is 0 Å². The van der Waals surface area contributed by atoms with Gasteiger partial charge in [-0.15, -0.1) is 10.2 Å². The normalized spacial score (nSPS) is 11.8. The lowest BCUT2D eigenvalue weighted by Gasteiger charge is -2.16. The number of halogens is 1. The van der Waals surface area contributed by atoms with E-state index in [1.54, 1.807) is 34.9 Å². The topological polar surface area (TPSA) is 78.6 Å². The van der Waals surface area contributed by atoms with E-state index in [4.69, 9.17) is 14.2 Å². The lowest BCUT2D eigenvalue weighted by Crippen LogP contribution is -2.05. The van der Waals surface area contributed by atoms with E-state index >= 15 is 0 Å². The van der Waals surface area contributed by atoms with Crippen LogP contribution in [-0.4, -0.2) is 47.0 Å². The van der Waals surface area contributed by atoms with Crippen molar-refractivity contribution in [3.63, 3.8) is 0 Å². The van der Waals surface area contributed by atoms with E-state index in [0.29, 0.717) is 39.5 Å². The molecule has 0 saturated carbocycles. The number of methoxy groups -OCH3 is 3. The Morgan fingerprint density at radius 2 is 1.56 bits per heavy atom. The van der Waals surface area contributed by atoms with E-state index < -0.39 is 11.9 Å². The molecule has 0 aliphatic carbocycles. The number of thioether (sulfide) groups is 1. The van der Waals surface area contributed by atoms with Gasteiger partial charge < -0.3 is 19.3 Å². The van der Waals surface area contributed by atoms with Gasteiger partial charge in [-0.05, 0) is 29.8 Å². The molecule has 1 heterocycles. The smallest absolute Gasteiger partial charge is 0.203 e. The average molecular weight is 482 g/mol. The Bertz CT molecular complexity index is 1240. The second-order valence-corrected chi connectivity index (χ2v) is 8.23. The van der Waals surface area contributed by atoms with Crippen molar-refractivity contribution in [2.45, 2.75) is 11.3 Å². The highest BCUT2D eigenvalue weighted by Crippen LogP contribution is 2.42. The van der Waals surface area contributed by atoms with Gasteiger partial charge in [0.25, 0.3) is 0 Å². The molecule has 0 saturated heterocycles. The predicted octanol–water partition coefficient (Wildman–Crippen LogP) is 4.92. The van der Waals surface area contributed by atoms with Gasteiger partial charge in [0.15, 0.2) is 22.5 Å². The highest BCUT2D eigenvalue weighted by Gasteiger charge is 2.23. The Morgan fingerprint density at radius 3 is 2.18 bits per heavy atom. The maximum atomic E-state index is 14.9. The van der Waals surface area contributed by atoms with Gasteiger partial charge in [-0.2, -0.15) is 0 Å². The zero-order valence-electron chi connectivity index (χ0n) is 18.9. The molecule has 0 radical (unpaired) electrons. The fourth-order valence-corrected chi connectivity index (χ4v) is 4.45. The highest BCUT2D eigenvalue weighted by molar-refractivity contribution is 7.99. The minimum atomic E-state index is -0.721. The van der Waals surface area contributed by atoms with Gasteiger partial charge in [0.05, 0.1) is 33.1 Å². The van der Waals surface area contributed by atoms with Crippen molar-refractivity contribution in [1.29, 1.82) is 0 Å². The number of aliphatic hydroxyl groups excluding tert-OH is 1. The Hall–Kier alpha value is -3.56. The number of para-hydroxylation sites is 1. The highest BCUT2D eigenvalue weighted by atomic mass is 32.2. The average Bonchev–Trinajstić information content (AvgIpc) is 3.30. The number of aliphatic hydroxyl groups is 1. The van der Waals surface area contributed by atoms with Crippen LogP contribution in [0, 0.1) is 5.82 Å². The van der Waals surface area contributed by atoms with Crippen LogP contribution in [0.5, 0.6) is 17.2 Å². The molecule has 176 valence electrons. The molecule has 0 aliphatic heterocycles. The summed E-state index contributed by atoms with van der Waals surface area (Å²) in [6.45, 7) is 0. The van der Waals surface area contributed by atoms with Crippen molar-refractivity contribution < 1.29 is 23.7 Å². The molecule has 4 rings (SSSR count). The molecule has 4 aromatic rings. The first-order valence-corrected chi connectivity index (χ1v) is 11.4. The van der Waals surface area contributed by atoms with E-state index in [1.165, 1.54) is 39.2 Å². The third kappa shape index (κ3) is 4.71. The van der Waals surface area contributed by atoms with Gasteiger partial charge in [-0.25, -0.2) is 4.39 Å². The molecular formula is C25H24FN3O4S. The predicted molar refractivity (Wildman–Crippen MR) is 129 cm³/mol. The van der Waals surface area contributed by atoms with E-state index in [0.717, 1.165) is 5.56 Å². The molecular weight excluding hydrogens is 457 g/mol. The summed E-state index contributed by atoms with van der Waals surface area (Å²) >= 11 is 1.28. The van der Waals surface area contributed by atoms with Crippen molar-refractivity contribution in [2.24, 2.45) is 0 Å². The van der Waals surface area contributed by atoms with Crippen LogP contribution >= 0.6 is 11.8 Å². The van der Waals surface area contributed by atoms with Crippen molar-refractivity contribution in [3.05, 3.63) is 78.1 Å². The van der Waals surface area contributed by atoms with Gasteiger partial charge >= 0.3 is 0 Å². The first-order valence-electron chi connectivity index (χ1n) is 10.4. The lowest BCUT2D eigenvalue weighted by molar-refractivity contribution is 0.204. The summed E-state index contributed by atoms with van der Waals surface area (Å²) in [5.41, 5.74) is 1.67. The number of aromatic nitrogens is 3. The first kappa shape index (κ1) is 23.6. The zero-order chi connectivity index (χ0) is 24.1.